The molecule has 0 radical (unpaired) electrons. The van der Waals surface area contributed by atoms with Crippen molar-refractivity contribution in [2.45, 2.75) is 31.8 Å². The molecule has 8 nitrogen and oxygen atoms in total. The van der Waals surface area contributed by atoms with Gasteiger partial charge in [-0.05, 0) is 19.4 Å². The third-order valence-corrected chi connectivity index (χ3v) is 4.94. The highest BCUT2D eigenvalue weighted by molar-refractivity contribution is 5.93. The van der Waals surface area contributed by atoms with E-state index in [-0.39, 0.29) is 24.7 Å². The van der Waals surface area contributed by atoms with Gasteiger partial charge in [-0.3, -0.25) is 14.4 Å². The van der Waals surface area contributed by atoms with Crippen molar-refractivity contribution >= 4 is 17.7 Å². The van der Waals surface area contributed by atoms with E-state index < -0.39 is 5.97 Å². The highest BCUT2D eigenvalue weighted by atomic mass is 16.4. The number of aliphatic carboxylic acids is 1. The van der Waals surface area contributed by atoms with Gasteiger partial charge in [-0.1, -0.05) is 37.3 Å². The summed E-state index contributed by atoms with van der Waals surface area (Å²) in [5.41, 5.74) is 2.47. The summed E-state index contributed by atoms with van der Waals surface area (Å²) in [7, 11) is 1.84. The van der Waals surface area contributed by atoms with Gasteiger partial charge in [-0.15, -0.1) is 0 Å². The molecule has 1 aromatic carbocycles. The number of benzene rings is 1. The lowest BCUT2D eigenvalue weighted by atomic mass is 9.85. The van der Waals surface area contributed by atoms with Gasteiger partial charge in [0.05, 0.1) is 24.1 Å². The normalized spacial score (nSPS) is 18.8. The zero-order chi connectivity index (χ0) is 19.4. The first-order chi connectivity index (χ1) is 13.0. The van der Waals surface area contributed by atoms with E-state index in [1.165, 1.54) is 0 Å². The van der Waals surface area contributed by atoms with E-state index in [1.807, 2.05) is 49.2 Å². The van der Waals surface area contributed by atoms with Crippen LogP contribution in [0, 0.1) is 0 Å². The highest BCUT2D eigenvalue weighted by Gasteiger charge is 2.34. The van der Waals surface area contributed by atoms with Crippen LogP contribution < -0.4 is 10.6 Å². The van der Waals surface area contributed by atoms with Crippen LogP contribution in [0.25, 0.3) is 11.3 Å². The van der Waals surface area contributed by atoms with Crippen molar-refractivity contribution in [3.8, 4) is 11.3 Å². The average Bonchev–Trinajstić information content (AvgIpc) is 2.96. The number of amides is 2. The van der Waals surface area contributed by atoms with Gasteiger partial charge in [-0.25, -0.2) is 4.79 Å². The second kappa shape index (κ2) is 8.22. The first-order valence-corrected chi connectivity index (χ1v) is 9.08. The molecule has 1 aliphatic carbocycles. The Bertz CT molecular complexity index is 799. The van der Waals surface area contributed by atoms with Gasteiger partial charge < -0.3 is 15.7 Å². The fourth-order valence-corrected chi connectivity index (χ4v) is 3.49. The van der Waals surface area contributed by atoms with Gasteiger partial charge >= 0.3 is 12.0 Å². The molecule has 0 unspecified atom stereocenters. The quantitative estimate of drug-likeness (QED) is 0.692. The average molecular weight is 371 g/mol. The predicted molar refractivity (Wildman–Crippen MR) is 102 cm³/mol. The van der Waals surface area contributed by atoms with E-state index in [9.17, 15) is 9.59 Å². The molecule has 0 atom stereocenters. The summed E-state index contributed by atoms with van der Waals surface area (Å²) in [5.74, 6) is -0.823. The number of aromatic nitrogens is 2. The van der Waals surface area contributed by atoms with Crippen LogP contribution in [0.3, 0.4) is 0 Å². The second-order valence-electron chi connectivity index (χ2n) is 6.77. The summed E-state index contributed by atoms with van der Waals surface area (Å²) in [6, 6.07) is 9.75. The van der Waals surface area contributed by atoms with Crippen molar-refractivity contribution in [2.75, 3.05) is 18.4 Å². The summed E-state index contributed by atoms with van der Waals surface area (Å²) in [6.07, 6.45) is 3.15. The molecule has 1 aromatic heterocycles. The highest BCUT2D eigenvalue weighted by Crippen LogP contribution is 2.28. The smallest absolute Gasteiger partial charge is 0.319 e. The number of likely N-dealkylation sites (N-methyl/N-ethyl adjacent to an activating group) is 1. The maximum Gasteiger partial charge on any atom is 0.319 e. The number of anilines is 1. The number of carboxylic acid groups (broad SMARTS) is 1. The monoisotopic (exact) mass is 371 g/mol. The number of carboxylic acids is 1. The van der Waals surface area contributed by atoms with Crippen molar-refractivity contribution in [1.82, 2.24) is 20.0 Å². The molecule has 3 rings (SSSR count). The van der Waals surface area contributed by atoms with Gasteiger partial charge in [0.2, 0.25) is 0 Å². The Hall–Kier alpha value is -2.87. The third kappa shape index (κ3) is 4.46. The topological polar surface area (TPSA) is 99.5 Å². The number of carbonyl (C=O) groups is 2. The van der Waals surface area contributed by atoms with Crippen LogP contribution in [0.15, 0.2) is 36.5 Å². The number of nitrogens with zero attached hydrogens (tertiary/aromatic N) is 3. The van der Waals surface area contributed by atoms with Gasteiger partial charge in [0, 0.05) is 24.7 Å². The standard InChI is InChI=1S/C19H25N5O3/c1-3-24(12-17(25)26)15-9-14(10-15)21-19(27)22-16-11-20-23(2)18(16)13-7-5-4-6-8-13/h4-8,11,14-15H,3,9-10,12H2,1-2H3,(H,25,26)(H2,21,22,27). The number of carbonyl (C=O) groups excluding carboxylic acids is 1. The molecule has 1 heterocycles. The molecule has 0 spiro atoms. The van der Waals surface area contributed by atoms with Gasteiger partial charge in [0.25, 0.3) is 0 Å². The Morgan fingerprint density at radius 1 is 1.30 bits per heavy atom. The molecule has 27 heavy (non-hydrogen) atoms. The van der Waals surface area contributed by atoms with Crippen molar-refractivity contribution in [3.63, 3.8) is 0 Å². The fourth-order valence-electron chi connectivity index (χ4n) is 3.49. The predicted octanol–water partition coefficient (Wildman–Crippen LogP) is 2.15. The molecule has 1 fully saturated rings. The van der Waals surface area contributed by atoms with Crippen LogP contribution in [-0.2, 0) is 11.8 Å². The Morgan fingerprint density at radius 3 is 2.63 bits per heavy atom. The largest absolute Gasteiger partial charge is 0.480 e. The van der Waals surface area contributed by atoms with Crippen LogP contribution in [0.1, 0.15) is 19.8 Å². The maximum atomic E-state index is 12.4. The summed E-state index contributed by atoms with van der Waals surface area (Å²) < 4.78 is 1.73. The molecule has 3 N–H and O–H groups in total. The molecule has 144 valence electrons. The molecule has 1 aliphatic rings. The van der Waals surface area contributed by atoms with Crippen LogP contribution >= 0.6 is 0 Å². The molecular weight excluding hydrogens is 346 g/mol. The lowest BCUT2D eigenvalue weighted by Crippen LogP contribution is -2.55. The molecule has 2 aromatic rings. The third-order valence-electron chi connectivity index (χ3n) is 4.94. The van der Waals surface area contributed by atoms with E-state index in [0.717, 1.165) is 24.1 Å². The number of nitrogens with one attached hydrogen (secondary N) is 2. The summed E-state index contributed by atoms with van der Waals surface area (Å²) in [4.78, 5) is 25.2. The van der Waals surface area contributed by atoms with E-state index in [0.29, 0.717) is 12.2 Å². The number of rotatable bonds is 7. The van der Waals surface area contributed by atoms with Gasteiger partial charge in [0.1, 0.15) is 0 Å². The van der Waals surface area contributed by atoms with Crippen LogP contribution in [-0.4, -0.2) is 57.0 Å². The van der Waals surface area contributed by atoms with Crippen molar-refractivity contribution in [3.05, 3.63) is 36.5 Å². The first kappa shape index (κ1) is 18.9. The van der Waals surface area contributed by atoms with Crippen molar-refractivity contribution in [1.29, 1.82) is 0 Å². The Balaban J connectivity index is 1.55. The Kier molecular flexibility index (Phi) is 5.75. The molecule has 0 saturated heterocycles. The van der Waals surface area contributed by atoms with Crippen molar-refractivity contribution < 1.29 is 14.7 Å². The van der Waals surface area contributed by atoms with Crippen molar-refractivity contribution in [2.24, 2.45) is 7.05 Å². The number of hydrogen-bond donors (Lipinski definition) is 3. The molecular formula is C19H25N5O3. The minimum absolute atomic E-state index is 0.0379. The second-order valence-corrected chi connectivity index (χ2v) is 6.77. The lowest BCUT2D eigenvalue weighted by molar-refractivity contribution is -0.139. The lowest BCUT2D eigenvalue weighted by Gasteiger charge is -2.42. The van der Waals surface area contributed by atoms with Crippen LogP contribution in [0.2, 0.25) is 0 Å². The SMILES string of the molecule is CCN(CC(=O)O)C1CC(NC(=O)Nc2cnn(C)c2-c2ccccc2)C1. The number of aryl methyl sites for hydroxylation is 1. The van der Waals surface area contributed by atoms with Gasteiger partial charge in [-0.2, -0.15) is 5.10 Å². The fraction of sp³-hybridized carbons (Fsp3) is 0.421. The van der Waals surface area contributed by atoms with E-state index in [4.69, 9.17) is 5.11 Å². The first-order valence-electron chi connectivity index (χ1n) is 9.08. The molecule has 1 saturated carbocycles. The van der Waals surface area contributed by atoms with E-state index in [1.54, 1.807) is 10.9 Å². The van der Waals surface area contributed by atoms with E-state index in [2.05, 4.69) is 15.7 Å². The number of urea groups is 1. The molecule has 2 amide bonds. The summed E-state index contributed by atoms with van der Waals surface area (Å²) >= 11 is 0. The summed E-state index contributed by atoms with van der Waals surface area (Å²) in [6.45, 7) is 2.67. The summed E-state index contributed by atoms with van der Waals surface area (Å²) in [5, 5.41) is 19.0. The molecule has 0 aliphatic heterocycles. The zero-order valence-corrected chi connectivity index (χ0v) is 15.6. The molecule has 0 bridgehead atoms. The zero-order valence-electron chi connectivity index (χ0n) is 15.6. The molecule has 8 heteroatoms. The Morgan fingerprint density at radius 2 is 2.00 bits per heavy atom. The van der Waals surface area contributed by atoms with E-state index >= 15 is 0 Å². The maximum absolute atomic E-state index is 12.4. The Labute approximate surface area is 158 Å². The van der Waals surface area contributed by atoms with Crippen LogP contribution in [0.4, 0.5) is 10.5 Å². The number of hydrogen-bond acceptors (Lipinski definition) is 4. The minimum Gasteiger partial charge on any atom is -0.480 e. The van der Waals surface area contributed by atoms with Gasteiger partial charge in [0.15, 0.2) is 0 Å². The van der Waals surface area contributed by atoms with Crippen LogP contribution in [0.5, 0.6) is 0 Å². The minimum atomic E-state index is -0.823.